The average molecular weight is 380 g/mol. The summed E-state index contributed by atoms with van der Waals surface area (Å²) in [6.45, 7) is 4.33. The second-order valence-electron chi connectivity index (χ2n) is 6.75. The van der Waals surface area contributed by atoms with Gasteiger partial charge in [0, 0.05) is 6.54 Å². The fourth-order valence-electron chi connectivity index (χ4n) is 3.31. The van der Waals surface area contributed by atoms with Crippen molar-refractivity contribution in [2.45, 2.75) is 20.3 Å². The lowest BCUT2D eigenvalue weighted by Gasteiger charge is -2.10. The SMILES string of the molecule is COc1ccc(CCNC(=O)c2cc3cc(C)cc(C)c3[nH]c2=O)cc1OC. The number of aromatic amines is 1. The summed E-state index contributed by atoms with van der Waals surface area (Å²) in [6, 6.07) is 11.2. The second-order valence-corrected chi connectivity index (χ2v) is 6.75. The van der Waals surface area contributed by atoms with Gasteiger partial charge in [0.15, 0.2) is 11.5 Å². The van der Waals surface area contributed by atoms with Crippen LogP contribution in [-0.4, -0.2) is 31.7 Å². The lowest BCUT2D eigenvalue weighted by Crippen LogP contribution is -2.31. The summed E-state index contributed by atoms with van der Waals surface area (Å²) in [7, 11) is 3.17. The van der Waals surface area contributed by atoms with Crippen LogP contribution in [0.5, 0.6) is 11.5 Å². The predicted molar refractivity (Wildman–Crippen MR) is 110 cm³/mol. The van der Waals surface area contributed by atoms with Crippen molar-refractivity contribution < 1.29 is 14.3 Å². The van der Waals surface area contributed by atoms with Crippen molar-refractivity contribution in [2.24, 2.45) is 0 Å². The van der Waals surface area contributed by atoms with Crippen LogP contribution in [0.3, 0.4) is 0 Å². The number of hydrogen-bond acceptors (Lipinski definition) is 4. The molecule has 0 saturated carbocycles. The highest BCUT2D eigenvalue weighted by Crippen LogP contribution is 2.27. The highest BCUT2D eigenvalue weighted by Gasteiger charge is 2.13. The van der Waals surface area contributed by atoms with E-state index < -0.39 is 0 Å². The maximum Gasteiger partial charge on any atom is 0.261 e. The average Bonchev–Trinajstić information content (AvgIpc) is 2.67. The molecule has 2 N–H and O–H groups in total. The molecule has 0 spiro atoms. The molecule has 0 unspecified atom stereocenters. The first-order chi connectivity index (χ1) is 13.4. The second kappa shape index (κ2) is 8.17. The quantitative estimate of drug-likeness (QED) is 0.688. The number of nitrogens with one attached hydrogen (secondary N) is 2. The predicted octanol–water partition coefficient (Wildman–Crippen LogP) is 3.13. The van der Waals surface area contributed by atoms with Crippen molar-refractivity contribution in [2.75, 3.05) is 20.8 Å². The first-order valence-electron chi connectivity index (χ1n) is 9.06. The molecule has 0 bridgehead atoms. The number of aryl methyl sites for hydroxylation is 2. The maximum absolute atomic E-state index is 12.5. The zero-order valence-corrected chi connectivity index (χ0v) is 16.5. The number of fused-ring (bicyclic) bond motifs is 1. The van der Waals surface area contributed by atoms with Gasteiger partial charge in [-0.05, 0) is 61.0 Å². The third kappa shape index (κ3) is 4.01. The molecule has 1 heterocycles. The van der Waals surface area contributed by atoms with Crippen molar-refractivity contribution in [1.29, 1.82) is 0 Å². The Morgan fingerprint density at radius 1 is 1.04 bits per heavy atom. The van der Waals surface area contributed by atoms with Crippen LogP contribution in [-0.2, 0) is 6.42 Å². The number of pyridine rings is 1. The zero-order valence-electron chi connectivity index (χ0n) is 16.5. The van der Waals surface area contributed by atoms with E-state index in [0.29, 0.717) is 24.5 Å². The van der Waals surface area contributed by atoms with E-state index in [-0.39, 0.29) is 17.0 Å². The molecule has 0 aliphatic carbocycles. The minimum atomic E-state index is -0.386. The van der Waals surface area contributed by atoms with Gasteiger partial charge in [-0.15, -0.1) is 0 Å². The Hall–Kier alpha value is -3.28. The van der Waals surface area contributed by atoms with E-state index in [9.17, 15) is 9.59 Å². The number of carbonyl (C=O) groups is 1. The van der Waals surface area contributed by atoms with Gasteiger partial charge in [-0.2, -0.15) is 0 Å². The van der Waals surface area contributed by atoms with Crippen LogP contribution < -0.4 is 20.3 Å². The molecule has 3 rings (SSSR count). The largest absolute Gasteiger partial charge is 0.493 e. The van der Waals surface area contributed by atoms with E-state index in [0.717, 1.165) is 27.6 Å². The number of ether oxygens (including phenoxy) is 2. The molecule has 6 heteroatoms. The van der Waals surface area contributed by atoms with Crippen LogP contribution in [0.4, 0.5) is 0 Å². The molecule has 28 heavy (non-hydrogen) atoms. The first kappa shape index (κ1) is 19.5. The summed E-state index contributed by atoms with van der Waals surface area (Å²) in [6.07, 6.45) is 0.607. The molecule has 0 aliphatic heterocycles. The molecule has 0 radical (unpaired) electrons. The summed E-state index contributed by atoms with van der Waals surface area (Å²) in [5.41, 5.74) is 3.55. The Bertz CT molecular complexity index is 1090. The molecule has 1 amide bonds. The Morgan fingerprint density at radius 2 is 1.79 bits per heavy atom. The number of rotatable bonds is 6. The van der Waals surface area contributed by atoms with E-state index in [4.69, 9.17) is 9.47 Å². The van der Waals surface area contributed by atoms with Crippen molar-refractivity contribution >= 4 is 16.8 Å². The molecule has 6 nitrogen and oxygen atoms in total. The van der Waals surface area contributed by atoms with Crippen LogP contribution in [0.2, 0.25) is 0 Å². The van der Waals surface area contributed by atoms with Gasteiger partial charge in [-0.25, -0.2) is 0 Å². The van der Waals surface area contributed by atoms with Crippen molar-refractivity contribution in [3.8, 4) is 11.5 Å². The highest BCUT2D eigenvalue weighted by atomic mass is 16.5. The van der Waals surface area contributed by atoms with Gasteiger partial charge in [0.2, 0.25) is 0 Å². The fraction of sp³-hybridized carbons (Fsp3) is 0.273. The Balaban J connectivity index is 1.73. The topological polar surface area (TPSA) is 80.4 Å². The lowest BCUT2D eigenvalue weighted by atomic mass is 10.0. The molecule has 0 saturated heterocycles. The number of benzene rings is 2. The first-order valence-corrected chi connectivity index (χ1v) is 9.06. The van der Waals surface area contributed by atoms with Crippen LogP contribution in [0.1, 0.15) is 27.0 Å². The number of methoxy groups -OCH3 is 2. The third-order valence-corrected chi connectivity index (χ3v) is 4.69. The molecule has 2 aromatic carbocycles. The van der Waals surface area contributed by atoms with Crippen LogP contribution in [0.15, 0.2) is 41.2 Å². The van der Waals surface area contributed by atoms with Crippen LogP contribution in [0.25, 0.3) is 10.9 Å². The van der Waals surface area contributed by atoms with Gasteiger partial charge < -0.3 is 19.8 Å². The van der Waals surface area contributed by atoms with E-state index in [2.05, 4.69) is 10.3 Å². The van der Waals surface area contributed by atoms with Crippen LogP contribution >= 0.6 is 0 Å². The summed E-state index contributed by atoms with van der Waals surface area (Å²) in [5.74, 6) is 0.911. The third-order valence-electron chi connectivity index (χ3n) is 4.69. The molecular formula is C22H24N2O4. The lowest BCUT2D eigenvalue weighted by molar-refractivity contribution is 0.0953. The van der Waals surface area contributed by atoms with E-state index >= 15 is 0 Å². The van der Waals surface area contributed by atoms with Crippen molar-refractivity contribution in [3.05, 3.63) is 69.0 Å². The number of amides is 1. The smallest absolute Gasteiger partial charge is 0.261 e. The molecule has 3 aromatic rings. The van der Waals surface area contributed by atoms with E-state index in [1.165, 1.54) is 0 Å². The van der Waals surface area contributed by atoms with Gasteiger partial charge >= 0.3 is 0 Å². The fourth-order valence-corrected chi connectivity index (χ4v) is 3.31. The molecule has 0 atom stereocenters. The summed E-state index contributed by atoms with van der Waals surface area (Å²) >= 11 is 0. The maximum atomic E-state index is 12.5. The zero-order chi connectivity index (χ0) is 20.3. The highest BCUT2D eigenvalue weighted by molar-refractivity contribution is 5.97. The van der Waals surface area contributed by atoms with Crippen molar-refractivity contribution in [3.63, 3.8) is 0 Å². The Morgan fingerprint density at radius 3 is 2.50 bits per heavy atom. The molecule has 1 aromatic heterocycles. The minimum Gasteiger partial charge on any atom is -0.493 e. The Kier molecular flexibility index (Phi) is 5.68. The van der Waals surface area contributed by atoms with Gasteiger partial charge in [0.05, 0.1) is 19.7 Å². The van der Waals surface area contributed by atoms with Gasteiger partial charge in [-0.3, -0.25) is 9.59 Å². The summed E-state index contributed by atoms with van der Waals surface area (Å²) in [5, 5.41) is 3.67. The van der Waals surface area contributed by atoms with Gasteiger partial charge in [0.25, 0.3) is 11.5 Å². The van der Waals surface area contributed by atoms with Gasteiger partial charge in [0.1, 0.15) is 5.56 Å². The number of aromatic nitrogens is 1. The van der Waals surface area contributed by atoms with E-state index in [1.54, 1.807) is 20.3 Å². The standard InChI is InChI=1S/C22H24N2O4/c1-13-9-14(2)20-16(10-13)12-17(22(26)24-20)21(25)23-8-7-15-5-6-18(27-3)19(11-15)28-4/h5-6,9-12H,7-8H2,1-4H3,(H,23,25)(H,24,26). The number of carbonyl (C=O) groups excluding carboxylic acids is 1. The summed E-state index contributed by atoms with van der Waals surface area (Å²) in [4.78, 5) is 27.7. The van der Waals surface area contributed by atoms with Crippen LogP contribution in [0, 0.1) is 13.8 Å². The molecule has 0 fully saturated rings. The number of hydrogen-bond donors (Lipinski definition) is 2. The van der Waals surface area contributed by atoms with Crippen molar-refractivity contribution in [1.82, 2.24) is 10.3 Å². The van der Waals surface area contributed by atoms with E-state index in [1.807, 2.05) is 44.2 Å². The normalized spacial score (nSPS) is 10.7. The monoisotopic (exact) mass is 380 g/mol. The molecule has 146 valence electrons. The Labute approximate surface area is 163 Å². The molecule has 0 aliphatic rings. The number of H-pyrrole nitrogens is 1. The van der Waals surface area contributed by atoms with Gasteiger partial charge in [-0.1, -0.05) is 17.7 Å². The summed E-state index contributed by atoms with van der Waals surface area (Å²) < 4.78 is 10.5. The minimum absolute atomic E-state index is 0.116. The molecular weight excluding hydrogens is 356 g/mol.